The van der Waals surface area contributed by atoms with E-state index in [1.165, 1.54) is 12.2 Å². The topological polar surface area (TPSA) is 108 Å². The monoisotopic (exact) mass is 438 g/mol. The van der Waals surface area contributed by atoms with Crippen LogP contribution in [-0.2, 0) is 25.6 Å². The summed E-state index contributed by atoms with van der Waals surface area (Å²) < 4.78 is 0. The maximum atomic E-state index is 12.4. The maximum absolute atomic E-state index is 12.4. The first-order valence-electron chi connectivity index (χ1n) is 10.5. The molecule has 3 N–H and O–H groups in total. The van der Waals surface area contributed by atoms with Crippen molar-refractivity contribution in [2.75, 3.05) is 19.6 Å². The summed E-state index contributed by atoms with van der Waals surface area (Å²) in [5.74, 6) is -1.01. The Morgan fingerprint density at radius 1 is 1.12 bits per heavy atom. The van der Waals surface area contributed by atoms with Gasteiger partial charge in [-0.25, -0.2) is 0 Å². The molecule has 32 heavy (non-hydrogen) atoms. The van der Waals surface area contributed by atoms with E-state index in [0.29, 0.717) is 24.8 Å². The van der Waals surface area contributed by atoms with Crippen LogP contribution in [0, 0.1) is 0 Å². The molecule has 2 unspecified atom stereocenters. The van der Waals surface area contributed by atoms with Gasteiger partial charge in [0.15, 0.2) is 0 Å². The largest absolute Gasteiger partial charge is 0.387 e. The van der Waals surface area contributed by atoms with Gasteiger partial charge in [-0.05, 0) is 18.4 Å². The van der Waals surface area contributed by atoms with Gasteiger partial charge in [-0.1, -0.05) is 43.0 Å². The Balaban J connectivity index is 1.86. The molecule has 2 rings (SSSR count). The standard InChI is InChI=1S/C24H30N4O4/c1-3-7-20(16-19-8-5-4-6-9-19)27-22(30)12-13-26-18(2)21(17-25-14-15-29)28-23(31)10-11-24(28)32/h3-6,8-11,15,20-21,25-26H,1-2,7,12-14,16-17H2,(H,27,30). The zero-order chi connectivity index (χ0) is 23.3. The van der Waals surface area contributed by atoms with Crippen molar-refractivity contribution >= 4 is 24.0 Å². The van der Waals surface area contributed by atoms with Crippen LogP contribution in [0.25, 0.3) is 0 Å². The zero-order valence-corrected chi connectivity index (χ0v) is 18.1. The van der Waals surface area contributed by atoms with E-state index < -0.39 is 17.9 Å². The highest BCUT2D eigenvalue weighted by Gasteiger charge is 2.32. The van der Waals surface area contributed by atoms with Crippen LogP contribution in [0.4, 0.5) is 0 Å². The van der Waals surface area contributed by atoms with Crippen LogP contribution in [-0.4, -0.2) is 60.6 Å². The van der Waals surface area contributed by atoms with Crippen molar-refractivity contribution in [1.29, 1.82) is 0 Å². The summed E-state index contributed by atoms with van der Waals surface area (Å²) in [6, 6.07) is 9.17. The molecule has 2 atom stereocenters. The minimum absolute atomic E-state index is 0.0585. The van der Waals surface area contributed by atoms with E-state index in [-0.39, 0.29) is 38.0 Å². The Bertz CT molecular complexity index is 848. The van der Waals surface area contributed by atoms with Gasteiger partial charge in [-0.3, -0.25) is 19.3 Å². The van der Waals surface area contributed by atoms with Crippen molar-refractivity contribution in [3.63, 3.8) is 0 Å². The SMILES string of the molecule is C=CCC(Cc1ccccc1)NC(=O)CCNC(=C)C(CNCC=O)N1C(=O)C=CC1=O. The number of carbonyl (C=O) groups is 4. The minimum atomic E-state index is -0.681. The van der Waals surface area contributed by atoms with Crippen LogP contribution in [0.5, 0.6) is 0 Å². The van der Waals surface area contributed by atoms with Gasteiger partial charge >= 0.3 is 0 Å². The summed E-state index contributed by atoms with van der Waals surface area (Å²) in [6.07, 6.45) is 6.41. The third-order valence-electron chi connectivity index (χ3n) is 4.97. The van der Waals surface area contributed by atoms with Gasteiger partial charge in [-0.2, -0.15) is 0 Å². The van der Waals surface area contributed by atoms with Crippen LogP contribution < -0.4 is 16.0 Å². The number of aldehydes is 1. The van der Waals surface area contributed by atoms with Gasteiger partial charge in [0.25, 0.3) is 11.8 Å². The van der Waals surface area contributed by atoms with Crippen LogP contribution in [0.1, 0.15) is 18.4 Å². The highest BCUT2D eigenvalue weighted by Crippen LogP contribution is 2.13. The Hall–Kier alpha value is -3.52. The van der Waals surface area contributed by atoms with Crippen molar-refractivity contribution in [3.05, 3.63) is 73.0 Å². The summed E-state index contributed by atoms with van der Waals surface area (Å²) in [7, 11) is 0. The van der Waals surface area contributed by atoms with E-state index in [1.807, 2.05) is 30.3 Å². The summed E-state index contributed by atoms with van der Waals surface area (Å²) >= 11 is 0. The lowest BCUT2D eigenvalue weighted by Crippen LogP contribution is -2.49. The van der Waals surface area contributed by atoms with Gasteiger partial charge in [0.2, 0.25) is 5.91 Å². The van der Waals surface area contributed by atoms with E-state index in [0.717, 1.165) is 10.5 Å². The van der Waals surface area contributed by atoms with E-state index >= 15 is 0 Å². The summed E-state index contributed by atoms with van der Waals surface area (Å²) in [5.41, 5.74) is 1.54. The molecule has 8 nitrogen and oxygen atoms in total. The van der Waals surface area contributed by atoms with E-state index in [2.05, 4.69) is 29.1 Å². The Morgan fingerprint density at radius 3 is 2.44 bits per heavy atom. The summed E-state index contributed by atoms with van der Waals surface area (Å²) in [6.45, 7) is 8.24. The molecule has 8 heteroatoms. The van der Waals surface area contributed by atoms with Crippen molar-refractivity contribution in [3.8, 4) is 0 Å². The maximum Gasteiger partial charge on any atom is 0.254 e. The molecule has 1 heterocycles. The average molecular weight is 439 g/mol. The fourth-order valence-corrected chi connectivity index (χ4v) is 3.42. The third-order valence-corrected chi connectivity index (χ3v) is 4.97. The average Bonchev–Trinajstić information content (AvgIpc) is 3.10. The molecule has 1 aliphatic rings. The van der Waals surface area contributed by atoms with Gasteiger partial charge < -0.3 is 20.7 Å². The van der Waals surface area contributed by atoms with Gasteiger partial charge in [0.05, 0.1) is 12.6 Å². The van der Waals surface area contributed by atoms with Gasteiger partial charge in [0.1, 0.15) is 6.29 Å². The summed E-state index contributed by atoms with van der Waals surface area (Å²) in [4.78, 5) is 48.2. The normalized spacial score (nSPS) is 14.7. The second kappa shape index (κ2) is 13.0. The number of nitrogens with zero attached hydrogens (tertiary/aromatic N) is 1. The lowest BCUT2D eigenvalue weighted by atomic mass is 10.0. The molecule has 0 bridgehead atoms. The summed E-state index contributed by atoms with van der Waals surface area (Å²) in [5, 5.41) is 8.92. The van der Waals surface area contributed by atoms with Crippen LogP contribution in [0.15, 0.2) is 67.4 Å². The number of rotatable bonds is 15. The molecule has 0 fully saturated rings. The van der Waals surface area contributed by atoms with Gasteiger partial charge in [-0.15, -0.1) is 6.58 Å². The molecule has 1 aromatic rings. The molecule has 0 aliphatic carbocycles. The molecule has 0 radical (unpaired) electrons. The highest BCUT2D eigenvalue weighted by molar-refractivity contribution is 6.13. The number of hydrogen-bond donors (Lipinski definition) is 3. The second-order valence-electron chi connectivity index (χ2n) is 7.40. The zero-order valence-electron chi connectivity index (χ0n) is 18.1. The van der Waals surface area contributed by atoms with E-state index in [4.69, 9.17) is 0 Å². The first-order chi connectivity index (χ1) is 15.5. The molecule has 1 aromatic carbocycles. The molecule has 1 aliphatic heterocycles. The Morgan fingerprint density at radius 2 is 1.81 bits per heavy atom. The molecule has 0 spiro atoms. The first-order valence-corrected chi connectivity index (χ1v) is 10.5. The molecular weight excluding hydrogens is 408 g/mol. The predicted octanol–water partition coefficient (Wildman–Crippen LogP) is 0.866. The van der Waals surface area contributed by atoms with Crippen molar-refractivity contribution in [2.24, 2.45) is 0 Å². The quantitative estimate of drug-likeness (QED) is 0.162. The Labute approximate surface area is 188 Å². The third kappa shape index (κ3) is 7.63. The lowest BCUT2D eigenvalue weighted by Gasteiger charge is -2.28. The molecule has 170 valence electrons. The minimum Gasteiger partial charge on any atom is -0.387 e. The fourth-order valence-electron chi connectivity index (χ4n) is 3.42. The number of benzene rings is 1. The number of carbonyl (C=O) groups excluding carboxylic acids is 4. The van der Waals surface area contributed by atoms with Gasteiger partial charge in [0, 0.05) is 43.4 Å². The van der Waals surface area contributed by atoms with Crippen molar-refractivity contribution < 1.29 is 19.2 Å². The van der Waals surface area contributed by atoms with Crippen LogP contribution >= 0.6 is 0 Å². The second-order valence-corrected chi connectivity index (χ2v) is 7.40. The molecular formula is C24H30N4O4. The van der Waals surface area contributed by atoms with Crippen molar-refractivity contribution in [1.82, 2.24) is 20.9 Å². The highest BCUT2D eigenvalue weighted by atomic mass is 16.2. The Kier molecular flexibility index (Phi) is 10.1. The van der Waals surface area contributed by atoms with Crippen molar-refractivity contribution in [2.45, 2.75) is 31.3 Å². The van der Waals surface area contributed by atoms with E-state index in [9.17, 15) is 19.2 Å². The van der Waals surface area contributed by atoms with Crippen LogP contribution in [0.2, 0.25) is 0 Å². The predicted molar refractivity (Wildman–Crippen MR) is 122 cm³/mol. The number of hydrogen-bond acceptors (Lipinski definition) is 6. The molecule has 0 saturated heterocycles. The number of nitrogens with one attached hydrogen (secondary N) is 3. The smallest absolute Gasteiger partial charge is 0.254 e. The molecule has 0 saturated carbocycles. The fraction of sp³-hybridized carbons (Fsp3) is 0.333. The molecule has 3 amide bonds. The number of amides is 3. The lowest BCUT2D eigenvalue weighted by molar-refractivity contribution is -0.138. The number of imide groups is 1. The van der Waals surface area contributed by atoms with Crippen LogP contribution in [0.3, 0.4) is 0 Å². The van der Waals surface area contributed by atoms with E-state index in [1.54, 1.807) is 6.08 Å². The molecule has 0 aromatic heterocycles. The first kappa shape index (κ1) is 24.7.